The van der Waals surface area contributed by atoms with Gasteiger partial charge >= 0.3 is 11.9 Å². The van der Waals surface area contributed by atoms with Crippen molar-refractivity contribution >= 4 is 28.8 Å². The monoisotopic (exact) mass is 388 g/mol. The summed E-state index contributed by atoms with van der Waals surface area (Å²) < 4.78 is 18.0. The van der Waals surface area contributed by atoms with Gasteiger partial charge in [0.2, 0.25) is 0 Å². The molecule has 1 fully saturated rings. The van der Waals surface area contributed by atoms with Crippen LogP contribution in [0.5, 0.6) is 0 Å². The molecule has 0 spiro atoms. The first-order valence-corrected chi connectivity index (χ1v) is 8.52. The summed E-state index contributed by atoms with van der Waals surface area (Å²) in [4.78, 5) is 31.0. The number of hydrazine groups is 1. The number of ether oxygens (including phenoxy) is 3. The maximum atomic E-state index is 11.5. The zero-order valence-electron chi connectivity index (χ0n) is 15.7. The molecule has 3 rings (SSSR count). The molecule has 2 aromatic rings. The van der Waals surface area contributed by atoms with Crippen molar-refractivity contribution in [1.82, 2.24) is 14.5 Å². The molecule has 11 nitrogen and oxygen atoms in total. The van der Waals surface area contributed by atoms with E-state index in [2.05, 4.69) is 16.0 Å². The average molecular weight is 388 g/mol. The first-order valence-electron chi connectivity index (χ1n) is 8.52. The average Bonchev–Trinajstić information content (AvgIpc) is 3.19. The highest BCUT2D eigenvalue weighted by molar-refractivity contribution is 5.93. The van der Waals surface area contributed by atoms with E-state index in [1.807, 2.05) is 0 Å². The van der Waals surface area contributed by atoms with Crippen LogP contribution in [0.3, 0.4) is 0 Å². The smallest absolute Gasteiger partial charge is 0.303 e. The third kappa shape index (κ3) is 3.73. The van der Waals surface area contributed by atoms with Crippen LogP contribution in [0, 0.1) is 11.3 Å². The SMILES string of the molecule is CC(=O)OC[C@@H]1C[C@@H](OC(C)=O)[C@H](n2cc(C#N)c3c(N(C)N)ncnc32)O1. The van der Waals surface area contributed by atoms with E-state index in [0.717, 1.165) is 0 Å². The molecule has 1 aliphatic heterocycles. The van der Waals surface area contributed by atoms with E-state index in [0.29, 0.717) is 28.8 Å². The fourth-order valence-electron chi connectivity index (χ4n) is 3.21. The van der Waals surface area contributed by atoms with Crippen LogP contribution in [0.2, 0.25) is 0 Å². The minimum absolute atomic E-state index is 0.0275. The van der Waals surface area contributed by atoms with E-state index >= 15 is 0 Å². The van der Waals surface area contributed by atoms with Gasteiger partial charge in [-0.25, -0.2) is 15.8 Å². The molecule has 3 atom stereocenters. The van der Waals surface area contributed by atoms with E-state index in [9.17, 15) is 14.9 Å². The number of aromatic nitrogens is 3. The van der Waals surface area contributed by atoms with Crippen molar-refractivity contribution in [3.05, 3.63) is 18.1 Å². The molecule has 0 bridgehead atoms. The number of fused-ring (bicyclic) bond motifs is 1. The molecular weight excluding hydrogens is 368 g/mol. The Balaban J connectivity index is 2.03. The predicted octanol–water partition coefficient (Wildman–Crippen LogP) is 0.395. The number of nitriles is 1. The molecule has 0 radical (unpaired) electrons. The van der Waals surface area contributed by atoms with Gasteiger partial charge in [-0.3, -0.25) is 14.6 Å². The Morgan fingerprint density at radius 2 is 2.18 bits per heavy atom. The summed E-state index contributed by atoms with van der Waals surface area (Å²) in [6.07, 6.45) is 1.34. The Morgan fingerprint density at radius 3 is 2.79 bits per heavy atom. The van der Waals surface area contributed by atoms with Crippen LogP contribution < -0.4 is 10.9 Å². The summed E-state index contributed by atoms with van der Waals surface area (Å²) in [5, 5.41) is 11.3. The second-order valence-electron chi connectivity index (χ2n) is 6.40. The zero-order valence-corrected chi connectivity index (χ0v) is 15.7. The number of hydrogen-bond donors (Lipinski definition) is 1. The molecule has 0 saturated carbocycles. The Kier molecular flexibility index (Phi) is 5.43. The van der Waals surface area contributed by atoms with Gasteiger partial charge in [0.1, 0.15) is 30.8 Å². The van der Waals surface area contributed by atoms with Crippen LogP contribution >= 0.6 is 0 Å². The lowest BCUT2D eigenvalue weighted by Crippen LogP contribution is -2.27. The summed E-state index contributed by atoms with van der Waals surface area (Å²) >= 11 is 0. The minimum Gasteiger partial charge on any atom is -0.463 e. The second kappa shape index (κ2) is 7.79. The van der Waals surface area contributed by atoms with Gasteiger partial charge in [0, 0.05) is 33.5 Å². The Labute approximate surface area is 160 Å². The third-order valence-corrected chi connectivity index (χ3v) is 4.25. The first kappa shape index (κ1) is 19.5. The lowest BCUT2D eigenvalue weighted by atomic mass is 10.2. The highest BCUT2D eigenvalue weighted by atomic mass is 16.6. The Hall–Kier alpha value is -3.23. The lowest BCUT2D eigenvalue weighted by Gasteiger charge is -2.20. The summed E-state index contributed by atoms with van der Waals surface area (Å²) in [7, 11) is 1.60. The van der Waals surface area contributed by atoms with Crippen LogP contribution in [-0.2, 0) is 23.8 Å². The highest BCUT2D eigenvalue weighted by Gasteiger charge is 2.40. The van der Waals surface area contributed by atoms with Crippen molar-refractivity contribution < 1.29 is 23.8 Å². The number of esters is 2. The molecule has 0 aliphatic carbocycles. The number of rotatable bonds is 5. The Bertz CT molecular complexity index is 949. The van der Waals surface area contributed by atoms with E-state index < -0.39 is 30.4 Å². The van der Waals surface area contributed by atoms with Crippen molar-refractivity contribution in [2.24, 2.45) is 5.84 Å². The van der Waals surface area contributed by atoms with Crippen molar-refractivity contribution in [1.29, 1.82) is 5.26 Å². The summed E-state index contributed by atoms with van der Waals surface area (Å²) in [5.74, 6) is 5.29. The van der Waals surface area contributed by atoms with Crippen molar-refractivity contribution in [3.63, 3.8) is 0 Å². The summed E-state index contributed by atoms with van der Waals surface area (Å²) in [6.45, 7) is 2.63. The fraction of sp³-hybridized carbons (Fsp3) is 0.471. The molecule has 2 N–H and O–H groups in total. The van der Waals surface area contributed by atoms with Crippen molar-refractivity contribution in [2.75, 3.05) is 18.7 Å². The molecule has 28 heavy (non-hydrogen) atoms. The van der Waals surface area contributed by atoms with Gasteiger partial charge in [-0.2, -0.15) is 5.26 Å². The summed E-state index contributed by atoms with van der Waals surface area (Å²) in [5.41, 5.74) is 0.714. The minimum atomic E-state index is -0.750. The Morgan fingerprint density at radius 1 is 1.43 bits per heavy atom. The van der Waals surface area contributed by atoms with Gasteiger partial charge in [-0.05, 0) is 0 Å². The maximum absolute atomic E-state index is 11.5. The van der Waals surface area contributed by atoms with Gasteiger partial charge in [0.15, 0.2) is 12.0 Å². The lowest BCUT2D eigenvalue weighted by molar-refractivity contribution is -0.152. The molecule has 0 aromatic carbocycles. The van der Waals surface area contributed by atoms with Crippen LogP contribution in [0.25, 0.3) is 11.0 Å². The fourth-order valence-corrected chi connectivity index (χ4v) is 3.21. The van der Waals surface area contributed by atoms with Gasteiger partial charge in [-0.1, -0.05) is 0 Å². The number of carbonyl (C=O) groups excluding carboxylic acids is 2. The topological polar surface area (TPSA) is 146 Å². The molecule has 0 amide bonds. The predicted molar refractivity (Wildman–Crippen MR) is 95.5 cm³/mol. The van der Waals surface area contributed by atoms with Crippen molar-refractivity contribution in [2.45, 2.75) is 38.7 Å². The number of anilines is 1. The molecule has 11 heteroatoms. The maximum Gasteiger partial charge on any atom is 0.303 e. The van der Waals surface area contributed by atoms with E-state index in [4.69, 9.17) is 20.1 Å². The first-order chi connectivity index (χ1) is 13.3. The largest absolute Gasteiger partial charge is 0.463 e. The van der Waals surface area contributed by atoms with Gasteiger partial charge in [-0.15, -0.1) is 0 Å². The number of nitrogens with zero attached hydrogens (tertiary/aromatic N) is 5. The standard InChI is InChI=1S/C17H20N6O5/c1-9(24)26-7-12-4-13(27-10(2)25)17(28-12)23-6-11(5-18)14-15(22(3)19)20-8-21-16(14)23/h6,8,12-13,17H,4,7,19H2,1-3H3/t12-,13+,17+/m0/s1. The number of nitrogens with two attached hydrogens (primary N) is 1. The third-order valence-electron chi connectivity index (χ3n) is 4.25. The summed E-state index contributed by atoms with van der Waals surface area (Å²) in [6, 6.07) is 2.10. The van der Waals surface area contributed by atoms with Crippen LogP contribution in [0.15, 0.2) is 12.5 Å². The molecule has 3 heterocycles. The number of hydrogen-bond acceptors (Lipinski definition) is 10. The highest BCUT2D eigenvalue weighted by Crippen LogP contribution is 2.36. The van der Waals surface area contributed by atoms with Crippen LogP contribution in [0.1, 0.15) is 32.1 Å². The molecule has 0 unspecified atom stereocenters. The zero-order chi connectivity index (χ0) is 20.4. The van der Waals surface area contributed by atoms with Gasteiger partial charge in [0.25, 0.3) is 0 Å². The molecule has 1 saturated heterocycles. The molecular formula is C17H20N6O5. The number of carbonyl (C=O) groups is 2. The van der Waals surface area contributed by atoms with Gasteiger partial charge < -0.3 is 18.8 Å². The second-order valence-corrected chi connectivity index (χ2v) is 6.40. The molecule has 1 aliphatic rings. The van der Waals surface area contributed by atoms with Crippen molar-refractivity contribution in [3.8, 4) is 6.07 Å². The van der Waals surface area contributed by atoms with E-state index in [-0.39, 0.29) is 6.61 Å². The van der Waals surface area contributed by atoms with Crippen LogP contribution in [0.4, 0.5) is 5.82 Å². The molecule has 148 valence electrons. The quantitative estimate of drug-likeness (QED) is 0.433. The van der Waals surface area contributed by atoms with Crippen LogP contribution in [-0.4, -0.2) is 52.3 Å². The van der Waals surface area contributed by atoms with Gasteiger partial charge in [0.05, 0.1) is 17.1 Å². The van der Waals surface area contributed by atoms with E-state index in [1.54, 1.807) is 17.8 Å². The van der Waals surface area contributed by atoms with E-state index in [1.165, 1.54) is 25.2 Å². The normalized spacial score (nSPS) is 21.3. The molecule has 2 aromatic heterocycles.